The molecule has 1 aromatic heterocycles. The first kappa shape index (κ1) is 11.8. The Labute approximate surface area is 101 Å². The molecule has 17 heavy (non-hydrogen) atoms. The van der Waals surface area contributed by atoms with E-state index in [1.165, 1.54) is 19.3 Å². The Kier molecular flexibility index (Phi) is 3.89. The number of likely N-dealkylation sites (N-methyl/N-ethyl adjacent to an activating group) is 1. The van der Waals surface area contributed by atoms with E-state index in [0.29, 0.717) is 17.6 Å². The largest absolute Gasteiger partial charge is 0.356 e. The molecular weight excluding hydrogens is 214 g/mol. The van der Waals surface area contributed by atoms with Crippen LogP contribution in [0.15, 0.2) is 12.4 Å². The van der Waals surface area contributed by atoms with Crippen molar-refractivity contribution in [2.45, 2.75) is 25.3 Å². The fourth-order valence-corrected chi connectivity index (χ4v) is 2.19. The molecule has 0 bridgehead atoms. The number of nitrogens with zero attached hydrogens (tertiary/aromatic N) is 4. The van der Waals surface area contributed by atoms with Crippen LogP contribution >= 0.6 is 0 Å². The van der Waals surface area contributed by atoms with Gasteiger partial charge >= 0.3 is 0 Å². The van der Waals surface area contributed by atoms with Gasteiger partial charge in [0.15, 0.2) is 11.5 Å². The molecule has 1 aliphatic rings. The third kappa shape index (κ3) is 2.92. The van der Waals surface area contributed by atoms with Gasteiger partial charge in [-0.3, -0.25) is 0 Å². The smallest absolute Gasteiger partial charge is 0.183 e. The molecule has 1 saturated heterocycles. The Hall–Kier alpha value is -1.67. The van der Waals surface area contributed by atoms with E-state index >= 15 is 0 Å². The van der Waals surface area contributed by atoms with Crippen LogP contribution in [0.3, 0.4) is 0 Å². The number of nitrogens with one attached hydrogen (secondary N) is 1. The van der Waals surface area contributed by atoms with Crippen molar-refractivity contribution in [3.63, 3.8) is 0 Å². The van der Waals surface area contributed by atoms with E-state index in [9.17, 15) is 0 Å². The first-order chi connectivity index (χ1) is 8.31. The summed E-state index contributed by atoms with van der Waals surface area (Å²) in [7, 11) is 1.96. The maximum Gasteiger partial charge on any atom is 0.183 e. The van der Waals surface area contributed by atoms with Crippen molar-refractivity contribution >= 4 is 5.82 Å². The van der Waals surface area contributed by atoms with Crippen LogP contribution in [0.1, 0.15) is 25.0 Å². The highest BCUT2D eigenvalue weighted by Gasteiger charge is 2.17. The van der Waals surface area contributed by atoms with Gasteiger partial charge in [-0.25, -0.2) is 9.97 Å². The summed E-state index contributed by atoms with van der Waals surface area (Å²) in [6, 6.07) is 2.57. The normalized spacial score (nSPS) is 19.6. The molecule has 2 rings (SSSR count). The summed E-state index contributed by atoms with van der Waals surface area (Å²) in [5.41, 5.74) is 0.394. The van der Waals surface area contributed by atoms with Gasteiger partial charge in [-0.15, -0.1) is 0 Å². The standard InChI is InChI=1S/C12H17N5/c1-17(9-10-4-2-3-5-14-10)12-11(8-13)15-6-7-16-12/h6-7,10,14H,2-5,9H2,1H3. The van der Waals surface area contributed by atoms with Crippen molar-refractivity contribution in [3.8, 4) is 6.07 Å². The SMILES string of the molecule is CN(CC1CCCCN1)c1nccnc1C#N. The quantitative estimate of drug-likeness (QED) is 0.838. The fraction of sp³-hybridized carbons (Fsp3) is 0.583. The monoisotopic (exact) mass is 231 g/mol. The van der Waals surface area contributed by atoms with Gasteiger partial charge in [0, 0.05) is 32.0 Å². The van der Waals surface area contributed by atoms with Crippen LogP contribution in [0.25, 0.3) is 0 Å². The third-order valence-electron chi connectivity index (χ3n) is 3.05. The lowest BCUT2D eigenvalue weighted by Crippen LogP contribution is -2.42. The molecule has 0 amide bonds. The number of rotatable bonds is 3. The highest BCUT2D eigenvalue weighted by atomic mass is 15.2. The molecule has 1 atom stereocenters. The first-order valence-electron chi connectivity index (χ1n) is 5.97. The van der Waals surface area contributed by atoms with E-state index in [-0.39, 0.29) is 0 Å². The molecule has 1 unspecified atom stereocenters. The lowest BCUT2D eigenvalue weighted by atomic mass is 10.0. The zero-order chi connectivity index (χ0) is 12.1. The van der Waals surface area contributed by atoms with Crippen molar-refractivity contribution in [1.82, 2.24) is 15.3 Å². The van der Waals surface area contributed by atoms with E-state index < -0.39 is 0 Å². The lowest BCUT2D eigenvalue weighted by Gasteiger charge is -2.28. The second-order valence-electron chi connectivity index (χ2n) is 4.37. The third-order valence-corrected chi connectivity index (χ3v) is 3.05. The van der Waals surface area contributed by atoms with E-state index in [0.717, 1.165) is 13.1 Å². The molecular formula is C12H17N5. The molecule has 90 valence electrons. The van der Waals surface area contributed by atoms with Gasteiger partial charge in [-0.1, -0.05) is 6.42 Å². The predicted octanol–water partition coefficient (Wildman–Crippen LogP) is 0.927. The van der Waals surface area contributed by atoms with Crippen LogP contribution in [0, 0.1) is 11.3 Å². The number of piperidine rings is 1. The Balaban J connectivity index is 2.03. The first-order valence-corrected chi connectivity index (χ1v) is 5.97. The molecule has 1 aromatic rings. The van der Waals surface area contributed by atoms with Gasteiger partial charge in [-0.05, 0) is 19.4 Å². The summed E-state index contributed by atoms with van der Waals surface area (Å²) in [6.07, 6.45) is 6.90. The summed E-state index contributed by atoms with van der Waals surface area (Å²) in [4.78, 5) is 10.3. The Morgan fingerprint density at radius 3 is 3.00 bits per heavy atom. The van der Waals surface area contributed by atoms with Crippen LogP contribution < -0.4 is 10.2 Å². The van der Waals surface area contributed by atoms with E-state index in [2.05, 4.69) is 21.4 Å². The molecule has 5 heteroatoms. The highest BCUT2D eigenvalue weighted by Crippen LogP contribution is 2.15. The molecule has 2 heterocycles. The van der Waals surface area contributed by atoms with Gasteiger partial charge in [0.2, 0.25) is 0 Å². The van der Waals surface area contributed by atoms with Crippen molar-refractivity contribution in [2.24, 2.45) is 0 Å². The molecule has 0 saturated carbocycles. The van der Waals surface area contributed by atoms with Crippen molar-refractivity contribution in [3.05, 3.63) is 18.1 Å². The minimum Gasteiger partial charge on any atom is -0.356 e. The molecule has 0 spiro atoms. The van der Waals surface area contributed by atoms with Crippen molar-refractivity contribution in [1.29, 1.82) is 5.26 Å². The second kappa shape index (κ2) is 5.60. The van der Waals surface area contributed by atoms with E-state index in [1.54, 1.807) is 12.4 Å². The van der Waals surface area contributed by atoms with Crippen LogP contribution in [0.4, 0.5) is 5.82 Å². The van der Waals surface area contributed by atoms with Gasteiger partial charge in [-0.2, -0.15) is 5.26 Å². The lowest BCUT2D eigenvalue weighted by molar-refractivity contribution is 0.403. The molecule has 0 aromatic carbocycles. The average Bonchev–Trinajstić information content (AvgIpc) is 2.40. The summed E-state index contributed by atoms with van der Waals surface area (Å²) in [5, 5.41) is 12.5. The maximum absolute atomic E-state index is 8.98. The fourth-order valence-electron chi connectivity index (χ4n) is 2.19. The minimum absolute atomic E-state index is 0.394. The average molecular weight is 231 g/mol. The molecule has 1 fully saturated rings. The Bertz CT molecular complexity index is 406. The van der Waals surface area contributed by atoms with Gasteiger partial charge in [0.1, 0.15) is 6.07 Å². The number of anilines is 1. The predicted molar refractivity (Wildman–Crippen MR) is 65.7 cm³/mol. The minimum atomic E-state index is 0.394. The molecule has 1 N–H and O–H groups in total. The highest BCUT2D eigenvalue weighted by molar-refractivity contribution is 5.48. The van der Waals surface area contributed by atoms with Crippen molar-refractivity contribution in [2.75, 3.05) is 25.0 Å². The van der Waals surface area contributed by atoms with Crippen LogP contribution in [-0.2, 0) is 0 Å². The van der Waals surface area contributed by atoms with E-state index in [4.69, 9.17) is 5.26 Å². The summed E-state index contributed by atoms with van der Waals surface area (Å²) in [5.74, 6) is 0.669. The number of hydrogen-bond donors (Lipinski definition) is 1. The Morgan fingerprint density at radius 2 is 2.29 bits per heavy atom. The second-order valence-corrected chi connectivity index (χ2v) is 4.37. The topological polar surface area (TPSA) is 64.8 Å². The number of aromatic nitrogens is 2. The molecule has 0 radical (unpaired) electrons. The van der Waals surface area contributed by atoms with Crippen LogP contribution in [-0.4, -0.2) is 36.1 Å². The molecule has 1 aliphatic heterocycles. The van der Waals surface area contributed by atoms with Crippen LogP contribution in [0.5, 0.6) is 0 Å². The molecule has 5 nitrogen and oxygen atoms in total. The summed E-state index contributed by atoms with van der Waals surface area (Å²) in [6.45, 7) is 1.96. The number of nitriles is 1. The zero-order valence-electron chi connectivity index (χ0n) is 10.1. The summed E-state index contributed by atoms with van der Waals surface area (Å²) >= 11 is 0. The zero-order valence-corrected chi connectivity index (χ0v) is 10.1. The van der Waals surface area contributed by atoms with Crippen molar-refractivity contribution < 1.29 is 0 Å². The Morgan fingerprint density at radius 1 is 1.47 bits per heavy atom. The van der Waals surface area contributed by atoms with Crippen LogP contribution in [0.2, 0.25) is 0 Å². The van der Waals surface area contributed by atoms with Gasteiger partial charge in [0.25, 0.3) is 0 Å². The van der Waals surface area contributed by atoms with E-state index in [1.807, 2.05) is 11.9 Å². The maximum atomic E-state index is 8.98. The van der Waals surface area contributed by atoms with Gasteiger partial charge in [0.05, 0.1) is 0 Å². The number of hydrogen-bond acceptors (Lipinski definition) is 5. The molecule has 0 aliphatic carbocycles. The van der Waals surface area contributed by atoms with Gasteiger partial charge < -0.3 is 10.2 Å². The summed E-state index contributed by atoms with van der Waals surface area (Å²) < 4.78 is 0.